The van der Waals surface area contributed by atoms with Gasteiger partial charge < -0.3 is 10.4 Å². The van der Waals surface area contributed by atoms with Crippen molar-refractivity contribution in [1.82, 2.24) is 14.3 Å². The number of aliphatic hydroxyl groups is 1. The number of carbonyl (C=O) groups is 2. The highest BCUT2D eigenvalue weighted by molar-refractivity contribution is 8.18. The number of anilines is 1. The largest absolute Gasteiger partial charge is 0.396 e. The highest BCUT2D eigenvalue weighted by atomic mass is 32.2. The number of pyridine rings is 1. The molecule has 148 valence electrons. The molecule has 0 bridgehead atoms. The van der Waals surface area contributed by atoms with Gasteiger partial charge in [0.25, 0.3) is 16.7 Å². The summed E-state index contributed by atoms with van der Waals surface area (Å²) in [5.41, 5.74) is 0.340. The maximum atomic E-state index is 13.0. The van der Waals surface area contributed by atoms with E-state index in [0.717, 1.165) is 24.6 Å². The summed E-state index contributed by atoms with van der Waals surface area (Å²) in [7, 11) is 0. The Kier molecular flexibility index (Phi) is 6.48. The first kappa shape index (κ1) is 20.1. The van der Waals surface area contributed by atoms with E-state index in [-0.39, 0.29) is 33.8 Å². The van der Waals surface area contributed by atoms with Gasteiger partial charge in [-0.3, -0.25) is 23.7 Å². The Morgan fingerprint density at radius 1 is 1.25 bits per heavy atom. The monoisotopic (exact) mass is 402 g/mol. The van der Waals surface area contributed by atoms with E-state index in [1.807, 2.05) is 6.92 Å². The van der Waals surface area contributed by atoms with Gasteiger partial charge in [0, 0.05) is 25.9 Å². The Balaban J connectivity index is 2.03. The summed E-state index contributed by atoms with van der Waals surface area (Å²) in [5, 5.41) is 11.7. The fourth-order valence-electron chi connectivity index (χ4n) is 2.79. The van der Waals surface area contributed by atoms with Crippen molar-refractivity contribution in [3.8, 4) is 0 Å². The molecule has 0 radical (unpaired) electrons. The number of fused-ring (bicyclic) bond motifs is 1. The third-order valence-electron chi connectivity index (χ3n) is 4.28. The highest BCUT2D eigenvalue weighted by Crippen LogP contribution is 2.32. The topological polar surface area (TPSA) is 104 Å². The summed E-state index contributed by atoms with van der Waals surface area (Å²) in [6.45, 7) is 2.78. The minimum Gasteiger partial charge on any atom is -0.396 e. The van der Waals surface area contributed by atoms with Crippen LogP contribution in [0.25, 0.3) is 11.7 Å². The van der Waals surface area contributed by atoms with E-state index in [9.17, 15) is 14.4 Å². The number of amides is 2. The quantitative estimate of drug-likeness (QED) is 0.516. The van der Waals surface area contributed by atoms with Crippen LogP contribution < -0.4 is 10.9 Å². The zero-order valence-corrected chi connectivity index (χ0v) is 16.4. The molecule has 1 saturated heterocycles. The smallest absolute Gasteiger partial charge is 0.293 e. The van der Waals surface area contributed by atoms with Crippen LogP contribution in [0.2, 0.25) is 0 Å². The molecule has 2 aromatic rings. The van der Waals surface area contributed by atoms with Gasteiger partial charge in [0.1, 0.15) is 11.5 Å². The molecule has 8 nitrogen and oxygen atoms in total. The third-order valence-corrected chi connectivity index (χ3v) is 5.19. The molecule has 1 aliphatic rings. The molecule has 0 aliphatic carbocycles. The number of aromatic nitrogens is 2. The van der Waals surface area contributed by atoms with Gasteiger partial charge in [-0.2, -0.15) is 0 Å². The minimum atomic E-state index is -0.387. The third kappa shape index (κ3) is 4.10. The van der Waals surface area contributed by atoms with Crippen LogP contribution >= 0.6 is 11.8 Å². The predicted molar refractivity (Wildman–Crippen MR) is 109 cm³/mol. The number of thioether (sulfide) groups is 1. The zero-order valence-electron chi connectivity index (χ0n) is 15.6. The van der Waals surface area contributed by atoms with Crippen molar-refractivity contribution in [3.63, 3.8) is 0 Å². The van der Waals surface area contributed by atoms with Crippen molar-refractivity contribution in [1.29, 1.82) is 0 Å². The average Bonchev–Trinajstić information content (AvgIpc) is 2.96. The average molecular weight is 402 g/mol. The highest BCUT2D eigenvalue weighted by Gasteiger charge is 2.35. The van der Waals surface area contributed by atoms with Crippen molar-refractivity contribution in [3.05, 3.63) is 45.2 Å². The summed E-state index contributed by atoms with van der Waals surface area (Å²) in [6, 6.07) is 5.20. The van der Waals surface area contributed by atoms with Crippen molar-refractivity contribution in [2.75, 3.05) is 25.0 Å². The molecule has 0 saturated carbocycles. The van der Waals surface area contributed by atoms with E-state index in [4.69, 9.17) is 5.11 Å². The second-order valence-electron chi connectivity index (χ2n) is 6.30. The van der Waals surface area contributed by atoms with Crippen LogP contribution in [-0.4, -0.2) is 50.2 Å². The number of aliphatic hydroxyl groups excluding tert-OH is 1. The number of unbranched alkanes of at least 4 members (excludes halogenated alkanes) is 1. The van der Waals surface area contributed by atoms with Gasteiger partial charge in [-0.25, -0.2) is 4.98 Å². The van der Waals surface area contributed by atoms with Gasteiger partial charge >= 0.3 is 0 Å². The van der Waals surface area contributed by atoms with E-state index in [1.165, 1.54) is 15.4 Å². The molecule has 0 atom stereocenters. The first-order valence-corrected chi connectivity index (χ1v) is 10.00. The molecule has 2 amide bonds. The van der Waals surface area contributed by atoms with E-state index in [0.29, 0.717) is 31.0 Å². The van der Waals surface area contributed by atoms with E-state index >= 15 is 0 Å². The van der Waals surface area contributed by atoms with Crippen LogP contribution in [0.4, 0.5) is 10.6 Å². The van der Waals surface area contributed by atoms with Crippen LogP contribution in [0.5, 0.6) is 0 Å². The summed E-state index contributed by atoms with van der Waals surface area (Å²) >= 11 is 0.833. The van der Waals surface area contributed by atoms with Gasteiger partial charge in [-0.05, 0) is 42.8 Å². The molecule has 0 unspecified atom stereocenters. The SMILES string of the molecule is CCCCN1C(=O)SC(=Cc2c(NCCCO)nc3ccccn3c2=O)C1=O. The Hall–Kier alpha value is -2.65. The lowest BCUT2D eigenvalue weighted by atomic mass is 10.2. The van der Waals surface area contributed by atoms with Crippen LogP contribution in [0.3, 0.4) is 0 Å². The number of nitrogens with one attached hydrogen (secondary N) is 1. The molecule has 9 heteroatoms. The Bertz CT molecular complexity index is 986. The van der Waals surface area contributed by atoms with Gasteiger partial charge in [0.05, 0.1) is 10.5 Å². The van der Waals surface area contributed by atoms with E-state index in [2.05, 4.69) is 10.3 Å². The molecule has 3 heterocycles. The Morgan fingerprint density at radius 3 is 2.82 bits per heavy atom. The van der Waals surface area contributed by atoms with E-state index < -0.39 is 0 Å². The predicted octanol–water partition coefficient (Wildman–Crippen LogP) is 2.33. The number of imide groups is 1. The first-order valence-electron chi connectivity index (χ1n) is 9.18. The molecule has 3 rings (SSSR count). The molecule has 1 aliphatic heterocycles. The molecule has 2 N–H and O–H groups in total. The number of carbonyl (C=O) groups excluding carboxylic acids is 2. The number of rotatable bonds is 8. The molecular formula is C19H22N4O4S. The van der Waals surface area contributed by atoms with Crippen LogP contribution in [0, 0.1) is 0 Å². The van der Waals surface area contributed by atoms with E-state index in [1.54, 1.807) is 24.4 Å². The summed E-state index contributed by atoms with van der Waals surface area (Å²) in [5.74, 6) is -0.0627. The lowest BCUT2D eigenvalue weighted by Crippen LogP contribution is -2.29. The number of hydrogen-bond donors (Lipinski definition) is 2. The van der Waals surface area contributed by atoms with Gasteiger partial charge in [0.15, 0.2) is 0 Å². The maximum Gasteiger partial charge on any atom is 0.293 e. The summed E-state index contributed by atoms with van der Waals surface area (Å²) in [4.78, 5) is 43.6. The second-order valence-corrected chi connectivity index (χ2v) is 7.29. The summed E-state index contributed by atoms with van der Waals surface area (Å²) in [6.07, 6.45) is 5.14. The van der Waals surface area contributed by atoms with Crippen molar-refractivity contribution < 1.29 is 14.7 Å². The van der Waals surface area contributed by atoms with Crippen molar-refractivity contribution >= 4 is 40.4 Å². The zero-order chi connectivity index (χ0) is 20.1. The minimum absolute atomic E-state index is 0.00517. The molecule has 2 aromatic heterocycles. The molecule has 28 heavy (non-hydrogen) atoms. The lowest BCUT2D eigenvalue weighted by Gasteiger charge is -2.11. The first-order chi connectivity index (χ1) is 13.6. The maximum absolute atomic E-state index is 13.0. The van der Waals surface area contributed by atoms with Crippen LogP contribution in [0.15, 0.2) is 34.1 Å². The molecule has 0 spiro atoms. The Morgan fingerprint density at radius 2 is 2.07 bits per heavy atom. The standard InChI is InChI=1S/C19H22N4O4S/c1-2-3-9-23-18(26)14(28-19(23)27)12-13-16(20-8-6-11-24)21-15-7-4-5-10-22(15)17(13)25/h4-5,7,10,12,20,24H,2-3,6,8-9,11H2,1H3. The number of hydrogen-bond acceptors (Lipinski definition) is 7. The molecule has 0 aromatic carbocycles. The van der Waals surface area contributed by atoms with Crippen LogP contribution in [0.1, 0.15) is 31.7 Å². The molecule has 1 fully saturated rings. The fourth-order valence-corrected chi connectivity index (χ4v) is 3.64. The second kappa shape index (κ2) is 9.03. The normalized spacial score (nSPS) is 15.8. The van der Waals surface area contributed by atoms with Crippen molar-refractivity contribution in [2.24, 2.45) is 0 Å². The van der Waals surface area contributed by atoms with Crippen LogP contribution in [-0.2, 0) is 4.79 Å². The molecular weight excluding hydrogens is 380 g/mol. The number of nitrogens with zero attached hydrogens (tertiary/aromatic N) is 3. The van der Waals surface area contributed by atoms with Crippen molar-refractivity contribution in [2.45, 2.75) is 26.2 Å². The summed E-state index contributed by atoms with van der Waals surface area (Å²) < 4.78 is 1.39. The Labute approximate surface area is 166 Å². The van der Waals surface area contributed by atoms with Gasteiger partial charge in [-0.15, -0.1) is 0 Å². The van der Waals surface area contributed by atoms with Gasteiger partial charge in [-0.1, -0.05) is 19.4 Å². The fraction of sp³-hybridized carbons (Fsp3) is 0.368. The van der Waals surface area contributed by atoms with Gasteiger partial charge in [0.2, 0.25) is 0 Å². The lowest BCUT2D eigenvalue weighted by molar-refractivity contribution is -0.122.